The maximum absolute atomic E-state index is 12.6. The second-order valence-corrected chi connectivity index (χ2v) is 6.35. The zero-order valence-electron chi connectivity index (χ0n) is 11.4. The number of piperidine rings is 1. The van der Waals surface area contributed by atoms with E-state index in [0.717, 1.165) is 25.9 Å². The molecule has 3 nitrogen and oxygen atoms in total. The summed E-state index contributed by atoms with van der Waals surface area (Å²) in [6.45, 7) is 2.11. The number of nitrogens with zero attached hydrogens (tertiary/aromatic N) is 1. The summed E-state index contributed by atoms with van der Waals surface area (Å²) in [7, 11) is 0. The molecule has 0 radical (unpaired) electrons. The maximum Gasteiger partial charge on any atom is 0.225 e. The lowest BCUT2D eigenvalue weighted by atomic mass is 10.0. The number of nitrogens with one attached hydrogen (secondary N) is 1. The lowest BCUT2D eigenvalue weighted by molar-refractivity contribution is -0.136. The fourth-order valence-electron chi connectivity index (χ4n) is 3.53. The number of hydrogen-bond donors (Lipinski definition) is 1. The van der Waals surface area contributed by atoms with E-state index in [-0.39, 0.29) is 0 Å². The van der Waals surface area contributed by atoms with E-state index < -0.39 is 0 Å². The molecule has 0 spiro atoms. The lowest BCUT2D eigenvalue weighted by Gasteiger charge is -2.32. The van der Waals surface area contributed by atoms with Crippen LogP contribution in [0.25, 0.3) is 0 Å². The highest BCUT2D eigenvalue weighted by atomic mass is 16.2. The van der Waals surface area contributed by atoms with Crippen LogP contribution in [0.2, 0.25) is 0 Å². The van der Waals surface area contributed by atoms with Crippen molar-refractivity contribution in [2.45, 2.75) is 69.9 Å². The number of hydrogen-bond acceptors (Lipinski definition) is 2. The first-order valence-electron chi connectivity index (χ1n) is 7.88. The van der Waals surface area contributed by atoms with Crippen molar-refractivity contribution in [2.75, 3.05) is 13.1 Å². The zero-order valence-corrected chi connectivity index (χ0v) is 11.4. The van der Waals surface area contributed by atoms with Gasteiger partial charge in [0.1, 0.15) is 0 Å². The molecule has 1 N–H and O–H groups in total. The third-order valence-corrected chi connectivity index (χ3v) is 4.80. The van der Waals surface area contributed by atoms with Crippen LogP contribution in [0.1, 0.15) is 57.8 Å². The number of rotatable bonds is 4. The van der Waals surface area contributed by atoms with Crippen molar-refractivity contribution in [1.29, 1.82) is 0 Å². The standard InChI is InChI=1S/C15H26N2O/c18-15(12-5-1-2-6-12)17(14-8-9-14)11-13-7-3-4-10-16-13/h12-14,16H,1-11H2. The van der Waals surface area contributed by atoms with E-state index in [0.29, 0.717) is 23.9 Å². The average molecular weight is 250 g/mol. The van der Waals surface area contributed by atoms with Gasteiger partial charge in [0, 0.05) is 24.5 Å². The largest absolute Gasteiger partial charge is 0.338 e. The Bertz CT molecular complexity index is 289. The molecule has 2 aliphatic carbocycles. The van der Waals surface area contributed by atoms with E-state index in [2.05, 4.69) is 10.2 Å². The number of carbonyl (C=O) groups is 1. The molecule has 18 heavy (non-hydrogen) atoms. The predicted molar refractivity (Wildman–Crippen MR) is 72.3 cm³/mol. The summed E-state index contributed by atoms with van der Waals surface area (Å²) in [5.74, 6) is 0.830. The van der Waals surface area contributed by atoms with Crippen LogP contribution in [-0.2, 0) is 4.79 Å². The Labute approximate surface area is 110 Å². The molecule has 0 aromatic rings. The minimum atomic E-state index is 0.356. The fourth-order valence-corrected chi connectivity index (χ4v) is 3.53. The van der Waals surface area contributed by atoms with Gasteiger partial charge in [0.05, 0.1) is 0 Å². The van der Waals surface area contributed by atoms with Gasteiger partial charge in [-0.05, 0) is 45.1 Å². The summed E-state index contributed by atoms with van der Waals surface area (Å²) in [5.41, 5.74) is 0. The van der Waals surface area contributed by atoms with E-state index >= 15 is 0 Å². The highest BCUT2D eigenvalue weighted by Crippen LogP contribution is 2.33. The first-order valence-corrected chi connectivity index (χ1v) is 7.88. The molecule has 3 rings (SSSR count). The van der Waals surface area contributed by atoms with Crippen LogP contribution < -0.4 is 5.32 Å². The monoisotopic (exact) mass is 250 g/mol. The summed E-state index contributed by atoms with van der Waals surface area (Å²) in [6.07, 6.45) is 11.2. The van der Waals surface area contributed by atoms with Crippen molar-refractivity contribution in [2.24, 2.45) is 5.92 Å². The Kier molecular flexibility index (Phi) is 3.88. The van der Waals surface area contributed by atoms with Crippen molar-refractivity contribution in [1.82, 2.24) is 10.2 Å². The lowest BCUT2D eigenvalue weighted by Crippen LogP contribution is -2.48. The molecule has 1 atom stereocenters. The molecule has 1 heterocycles. The molecule has 3 heteroatoms. The number of carbonyl (C=O) groups excluding carboxylic acids is 1. The average Bonchev–Trinajstić information content (AvgIpc) is 3.10. The molecule has 1 aliphatic heterocycles. The van der Waals surface area contributed by atoms with Gasteiger partial charge < -0.3 is 10.2 Å². The summed E-state index contributed by atoms with van der Waals surface area (Å²) in [5, 5.41) is 3.58. The van der Waals surface area contributed by atoms with Crippen LogP contribution in [-0.4, -0.2) is 36.0 Å². The molecule has 102 valence electrons. The second-order valence-electron chi connectivity index (χ2n) is 6.35. The predicted octanol–water partition coefficient (Wildman–Crippen LogP) is 2.31. The first-order chi connectivity index (χ1) is 8.84. The van der Waals surface area contributed by atoms with Crippen LogP contribution in [0.3, 0.4) is 0 Å². The Hall–Kier alpha value is -0.570. The van der Waals surface area contributed by atoms with Gasteiger partial charge in [0.25, 0.3) is 0 Å². The van der Waals surface area contributed by atoms with Crippen LogP contribution in [0.5, 0.6) is 0 Å². The summed E-state index contributed by atoms with van der Waals surface area (Å²) >= 11 is 0. The van der Waals surface area contributed by atoms with E-state index in [4.69, 9.17) is 0 Å². The van der Waals surface area contributed by atoms with Crippen molar-refractivity contribution >= 4 is 5.91 Å². The smallest absolute Gasteiger partial charge is 0.225 e. The van der Waals surface area contributed by atoms with E-state index in [1.165, 1.54) is 44.9 Å². The van der Waals surface area contributed by atoms with Gasteiger partial charge in [-0.2, -0.15) is 0 Å². The Morgan fingerprint density at radius 2 is 1.72 bits per heavy atom. The molecule has 1 unspecified atom stereocenters. The van der Waals surface area contributed by atoms with Gasteiger partial charge in [-0.25, -0.2) is 0 Å². The van der Waals surface area contributed by atoms with Crippen LogP contribution >= 0.6 is 0 Å². The van der Waals surface area contributed by atoms with Crippen LogP contribution in [0.4, 0.5) is 0 Å². The van der Waals surface area contributed by atoms with Gasteiger partial charge in [-0.1, -0.05) is 19.3 Å². The molecule has 3 fully saturated rings. The Morgan fingerprint density at radius 3 is 2.33 bits per heavy atom. The zero-order chi connectivity index (χ0) is 12.4. The topological polar surface area (TPSA) is 32.3 Å². The highest BCUT2D eigenvalue weighted by Gasteiger charge is 2.37. The molecule has 0 aromatic carbocycles. The van der Waals surface area contributed by atoms with Crippen molar-refractivity contribution in [3.05, 3.63) is 0 Å². The number of amides is 1. The quantitative estimate of drug-likeness (QED) is 0.830. The van der Waals surface area contributed by atoms with Gasteiger partial charge in [0.2, 0.25) is 5.91 Å². The van der Waals surface area contributed by atoms with E-state index in [9.17, 15) is 4.79 Å². The van der Waals surface area contributed by atoms with E-state index in [1.807, 2.05) is 0 Å². The van der Waals surface area contributed by atoms with Crippen LogP contribution in [0.15, 0.2) is 0 Å². The Morgan fingerprint density at radius 1 is 1.00 bits per heavy atom. The SMILES string of the molecule is O=C(C1CCCC1)N(CC1CCCCN1)C1CC1. The maximum atomic E-state index is 12.6. The van der Waals surface area contributed by atoms with Gasteiger partial charge >= 0.3 is 0 Å². The highest BCUT2D eigenvalue weighted by molar-refractivity contribution is 5.79. The Balaban J connectivity index is 1.58. The van der Waals surface area contributed by atoms with Gasteiger partial charge in [-0.3, -0.25) is 4.79 Å². The molecule has 0 bridgehead atoms. The van der Waals surface area contributed by atoms with Crippen molar-refractivity contribution in [3.8, 4) is 0 Å². The molecular weight excluding hydrogens is 224 g/mol. The first kappa shape index (κ1) is 12.5. The van der Waals surface area contributed by atoms with Gasteiger partial charge in [-0.15, -0.1) is 0 Å². The normalized spacial score (nSPS) is 29.4. The molecule has 3 aliphatic rings. The second kappa shape index (κ2) is 5.60. The summed E-state index contributed by atoms with van der Waals surface area (Å²) in [6, 6.07) is 1.14. The third kappa shape index (κ3) is 2.87. The fraction of sp³-hybridized carbons (Fsp3) is 0.933. The van der Waals surface area contributed by atoms with Crippen molar-refractivity contribution in [3.63, 3.8) is 0 Å². The molecule has 0 aromatic heterocycles. The molecule has 1 saturated heterocycles. The van der Waals surface area contributed by atoms with Crippen LogP contribution in [0, 0.1) is 5.92 Å². The van der Waals surface area contributed by atoms with E-state index in [1.54, 1.807) is 0 Å². The van der Waals surface area contributed by atoms with Gasteiger partial charge in [0.15, 0.2) is 0 Å². The minimum absolute atomic E-state index is 0.356. The summed E-state index contributed by atoms with van der Waals surface area (Å²) in [4.78, 5) is 14.8. The molecular formula is C15H26N2O. The van der Waals surface area contributed by atoms with Crippen molar-refractivity contribution < 1.29 is 4.79 Å². The third-order valence-electron chi connectivity index (χ3n) is 4.80. The molecule has 2 saturated carbocycles. The molecule has 1 amide bonds. The minimum Gasteiger partial charge on any atom is -0.338 e. The summed E-state index contributed by atoms with van der Waals surface area (Å²) < 4.78 is 0.